The lowest BCUT2D eigenvalue weighted by Gasteiger charge is -2.28. The van der Waals surface area contributed by atoms with Crippen molar-refractivity contribution >= 4 is 10.9 Å². The van der Waals surface area contributed by atoms with Crippen molar-refractivity contribution in [1.82, 2.24) is 19.9 Å². The number of hydrogen-bond acceptors (Lipinski definition) is 3. The fraction of sp³-hybridized carbons (Fsp3) is 0.455. The average molecular weight is 380 g/mol. The van der Waals surface area contributed by atoms with Gasteiger partial charge in [0, 0.05) is 49.1 Å². The zero-order valence-corrected chi connectivity index (χ0v) is 15.9. The Labute approximate surface area is 163 Å². The summed E-state index contributed by atoms with van der Waals surface area (Å²) in [5, 5.41) is 1.03. The zero-order valence-electron chi connectivity index (χ0n) is 15.9. The molecule has 1 saturated carbocycles. The molecule has 0 bridgehead atoms. The minimum absolute atomic E-state index is 0.0243. The first kappa shape index (κ1) is 17.6. The lowest BCUT2D eigenvalue weighted by Crippen LogP contribution is -2.36. The van der Waals surface area contributed by atoms with Gasteiger partial charge in [0.15, 0.2) is 0 Å². The molecule has 1 aliphatic heterocycles. The molecule has 146 valence electrons. The van der Waals surface area contributed by atoms with Crippen LogP contribution < -0.4 is 5.56 Å². The number of fused-ring (bicyclic) bond motifs is 2. The number of halogens is 1. The second-order valence-electron chi connectivity index (χ2n) is 8.18. The number of H-pyrrole nitrogens is 2. The summed E-state index contributed by atoms with van der Waals surface area (Å²) in [7, 11) is 0. The van der Waals surface area contributed by atoms with E-state index in [1.165, 1.54) is 31.4 Å². The minimum atomic E-state index is -0.237. The highest BCUT2D eigenvalue weighted by Crippen LogP contribution is 2.31. The highest BCUT2D eigenvalue weighted by atomic mass is 19.1. The number of nitrogens with zero attached hydrogens (tertiary/aromatic N) is 2. The number of aromatic nitrogens is 3. The van der Waals surface area contributed by atoms with Gasteiger partial charge < -0.3 is 9.97 Å². The van der Waals surface area contributed by atoms with Crippen molar-refractivity contribution < 1.29 is 4.39 Å². The van der Waals surface area contributed by atoms with Crippen LogP contribution in [-0.4, -0.2) is 26.4 Å². The molecule has 2 aliphatic rings. The maximum Gasteiger partial charge on any atom is 0.255 e. The molecule has 5 nitrogen and oxygen atoms in total. The summed E-state index contributed by atoms with van der Waals surface area (Å²) in [6, 6.07) is 4.83. The summed E-state index contributed by atoms with van der Waals surface area (Å²) in [5.41, 5.74) is 3.74. The third-order valence-electron chi connectivity index (χ3n) is 6.28. The van der Waals surface area contributed by atoms with Crippen molar-refractivity contribution in [2.24, 2.45) is 0 Å². The number of hydrogen-bond donors (Lipinski definition) is 2. The van der Waals surface area contributed by atoms with Crippen molar-refractivity contribution in [3.63, 3.8) is 0 Å². The summed E-state index contributed by atoms with van der Waals surface area (Å²) in [5.74, 6) is 1.08. The van der Waals surface area contributed by atoms with E-state index in [9.17, 15) is 9.18 Å². The molecule has 1 aromatic carbocycles. The molecule has 3 aromatic rings. The van der Waals surface area contributed by atoms with Gasteiger partial charge in [0.2, 0.25) is 0 Å². The number of aromatic amines is 2. The van der Waals surface area contributed by atoms with Gasteiger partial charge in [-0.25, -0.2) is 9.37 Å². The highest BCUT2D eigenvalue weighted by molar-refractivity contribution is 5.83. The van der Waals surface area contributed by atoms with E-state index in [4.69, 9.17) is 4.98 Å². The van der Waals surface area contributed by atoms with Crippen molar-refractivity contribution in [2.45, 2.75) is 57.5 Å². The standard InChI is InChI=1S/C22H25FN4O/c23-16-6-7-17-15(11-24-20(17)10-16)12-27-9-8-19-18(13-27)22(28)26-21(25-19)14-4-2-1-3-5-14/h6-7,10-11,14,24H,1-5,8-9,12-13H2,(H,25,26,28). The van der Waals surface area contributed by atoms with E-state index in [1.807, 2.05) is 12.3 Å². The minimum Gasteiger partial charge on any atom is -0.361 e. The van der Waals surface area contributed by atoms with E-state index in [2.05, 4.69) is 14.9 Å². The van der Waals surface area contributed by atoms with Crippen molar-refractivity contribution in [3.05, 3.63) is 63.2 Å². The normalized spacial score (nSPS) is 18.5. The van der Waals surface area contributed by atoms with Crippen LogP contribution in [0.5, 0.6) is 0 Å². The quantitative estimate of drug-likeness (QED) is 0.722. The van der Waals surface area contributed by atoms with Gasteiger partial charge in [-0.2, -0.15) is 0 Å². The van der Waals surface area contributed by atoms with Gasteiger partial charge in [-0.05, 0) is 36.6 Å². The van der Waals surface area contributed by atoms with Crippen LogP contribution in [0.2, 0.25) is 0 Å². The van der Waals surface area contributed by atoms with Crippen LogP contribution in [-0.2, 0) is 19.5 Å². The van der Waals surface area contributed by atoms with Crippen LogP contribution >= 0.6 is 0 Å². The first-order valence-electron chi connectivity index (χ1n) is 10.3. The van der Waals surface area contributed by atoms with Crippen molar-refractivity contribution in [1.29, 1.82) is 0 Å². The molecule has 0 saturated heterocycles. The number of benzene rings is 1. The average Bonchev–Trinajstić information content (AvgIpc) is 3.10. The molecule has 0 radical (unpaired) electrons. The SMILES string of the molecule is O=c1[nH]c(C2CCCCC2)nc2c1CN(Cc1c[nH]c3cc(F)ccc13)CC2. The van der Waals surface area contributed by atoms with Gasteiger partial charge in [0.1, 0.15) is 11.6 Å². The van der Waals surface area contributed by atoms with Crippen LogP contribution in [0.3, 0.4) is 0 Å². The molecule has 2 N–H and O–H groups in total. The molecule has 5 rings (SSSR count). The summed E-state index contributed by atoms with van der Waals surface area (Å²) >= 11 is 0. The van der Waals surface area contributed by atoms with Gasteiger partial charge in [-0.1, -0.05) is 19.3 Å². The van der Waals surface area contributed by atoms with Gasteiger partial charge in [0.05, 0.1) is 11.3 Å². The Hall–Kier alpha value is -2.47. The summed E-state index contributed by atoms with van der Waals surface area (Å²) < 4.78 is 13.4. The summed E-state index contributed by atoms with van der Waals surface area (Å²) in [6.07, 6.45) is 8.76. The Balaban J connectivity index is 1.36. The highest BCUT2D eigenvalue weighted by Gasteiger charge is 2.25. The lowest BCUT2D eigenvalue weighted by atomic mass is 9.88. The summed E-state index contributed by atoms with van der Waals surface area (Å²) in [4.78, 5) is 26.1. The maximum atomic E-state index is 13.4. The molecule has 0 spiro atoms. The van der Waals surface area contributed by atoms with Crippen molar-refractivity contribution in [3.8, 4) is 0 Å². The molecule has 0 unspecified atom stereocenters. The zero-order chi connectivity index (χ0) is 19.1. The number of rotatable bonds is 3. The molecule has 1 fully saturated rings. The molecule has 6 heteroatoms. The van der Waals surface area contributed by atoms with Crippen LogP contribution in [0.1, 0.15) is 60.7 Å². The predicted molar refractivity (Wildman–Crippen MR) is 107 cm³/mol. The van der Waals surface area contributed by atoms with E-state index in [-0.39, 0.29) is 11.4 Å². The molecule has 3 heterocycles. The maximum absolute atomic E-state index is 13.4. The van der Waals surface area contributed by atoms with E-state index >= 15 is 0 Å². The third-order valence-corrected chi connectivity index (χ3v) is 6.28. The number of nitrogens with one attached hydrogen (secondary N) is 2. The summed E-state index contributed by atoms with van der Waals surface area (Å²) in [6.45, 7) is 2.22. The van der Waals surface area contributed by atoms with E-state index in [0.717, 1.165) is 65.9 Å². The second kappa shape index (κ2) is 7.17. The fourth-order valence-corrected chi connectivity index (χ4v) is 4.73. The molecular weight excluding hydrogens is 355 g/mol. The Bertz CT molecular complexity index is 1060. The largest absolute Gasteiger partial charge is 0.361 e. The fourth-order valence-electron chi connectivity index (χ4n) is 4.73. The van der Waals surface area contributed by atoms with Crippen LogP contribution in [0.25, 0.3) is 10.9 Å². The molecule has 1 aliphatic carbocycles. The van der Waals surface area contributed by atoms with Gasteiger partial charge in [-0.15, -0.1) is 0 Å². The van der Waals surface area contributed by atoms with Gasteiger partial charge in [-0.3, -0.25) is 9.69 Å². The monoisotopic (exact) mass is 380 g/mol. The van der Waals surface area contributed by atoms with Gasteiger partial charge in [0.25, 0.3) is 5.56 Å². The molecule has 0 amide bonds. The topological polar surface area (TPSA) is 64.8 Å². The smallest absolute Gasteiger partial charge is 0.255 e. The Morgan fingerprint density at radius 3 is 2.93 bits per heavy atom. The predicted octanol–water partition coefficient (Wildman–Crippen LogP) is 4.00. The van der Waals surface area contributed by atoms with Crippen LogP contribution in [0.15, 0.2) is 29.2 Å². The third kappa shape index (κ3) is 3.26. The molecule has 28 heavy (non-hydrogen) atoms. The van der Waals surface area contributed by atoms with Crippen molar-refractivity contribution in [2.75, 3.05) is 6.54 Å². The molecular formula is C22H25FN4O. The Morgan fingerprint density at radius 1 is 1.21 bits per heavy atom. The Morgan fingerprint density at radius 2 is 2.07 bits per heavy atom. The molecule has 0 atom stereocenters. The van der Waals surface area contributed by atoms with Gasteiger partial charge >= 0.3 is 0 Å². The van der Waals surface area contributed by atoms with Crippen LogP contribution in [0, 0.1) is 5.82 Å². The van der Waals surface area contributed by atoms with E-state index in [0.29, 0.717) is 12.5 Å². The van der Waals surface area contributed by atoms with Crippen LogP contribution in [0.4, 0.5) is 4.39 Å². The second-order valence-corrected chi connectivity index (χ2v) is 8.18. The van der Waals surface area contributed by atoms with E-state index in [1.54, 1.807) is 0 Å². The molecule has 2 aromatic heterocycles. The first-order valence-corrected chi connectivity index (χ1v) is 10.3. The lowest BCUT2D eigenvalue weighted by molar-refractivity contribution is 0.242. The Kier molecular flexibility index (Phi) is 4.51. The van der Waals surface area contributed by atoms with E-state index < -0.39 is 0 Å². The first-order chi connectivity index (χ1) is 13.7.